The molecule has 0 rings (SSSR count). The van der Waals surface area contributed by atoms with E-state index in [2.05, 4.69) is 0 Å². The number of hydrogen-bond donors (Lipinski definition) is 3. The summed E-state index contributed by atoms with van der Waals surface area (Å²) in [6, 6.07) is 0. The van der Waals surface area contributed by atoms with Gasteiger partial charge in [-0.25, -0.2) is 0 Å². The molecule has 3 heteroatoms. The molecule has 0 fully saturated rings. The Morgan fingerprint density at radius 3 is 1.85 bits per heavy atom. The molecule has 0 saturated heterocycles. The molecule has 0 aromatic heterocycles. The van der Waals surface area contributed by atoms with Crippen LogP contribution in [0.1, 0.15) is 44.9 Å². The monoisotopic (exact) mass is 190 g/mol. The Morgan fingerprint density at radius 2 is 1.31 bits per heavy atom. The van der Waals surface area contributed by atoms with E-state index in [1.165, 1.54) is 0 Å². The van der Waals surface area contributed by atoms with E-state index in [0.29, 0.717) is 13.0 Å². The Labute approximate surface area is 80.4 Å². The second kappa shape index (κ2) is 9.96. The second-order valence-electron chi connectivity index (χ2n) is 3.47. The summed E-state index contributed by atoms with van der Waals surface area (Å²) in [5.74, 6) is 0. The van der Waals surface area contributed by atoms with Gasteiger partial charge in [0.1, 0.15) is 0 Å². The van der Waals surface area contributed by atoms with Crippen LogP contribution in [-0.2, 0) is 0 Å². The van der Waals surface area contributed by atoms with E-state index in [4.69, 9.17) is 15.3 Å². The average molecular weight is 190 g/mol. The van der Waals surface area contributed by atoms with Gasteiger partial charge in [-0.1, -0.05) is 32.1 Å². The summed E-state index contributed by atoms with van der Waals surface area (Å²) in [5.41, 5.74) is 0. The van der Waals surface area contributed by atoms with E-state index >= 15 is 0 Å². The Bertz CT molecular complexity index is 96.2. The number of aliphatic hydroxyl groups is 3. The summed E-state index contributed by atoms with van der Waals surface area (Å²) >= 11 is 0. The SMILES string of the molecule is OCCCCCCCC[C@H](O)CO. The van der Waals surface area contributed by atoms with Crippen molar-refractivity contribution in [2.45, 2.75) is 51.0 Å². The maximum atomic E-state index is 9.02. The van der Waals surface area contributed by atoms with Crippen molar-refractivity contribution in [3.63, 3.8) is 0 Å². The largest absolute Gasteiger partial charge is 0.396 e. The third-order valence-corrected chi connectivity index (χ3v) is 2.16. The molecule has 0 aliphatic carbocycles. The highest BCUT2D eigenvalue weighted by Gasteiger charge is 2.00. The van der Waals surface area contributed by atoms with Gasteiger partial charge in [0.05, 0.1) is 12.7 Å². The molecule has 0 aromatic carbocycles. The van der Waals surface area contributed by atoms with Gasteiger partial charge in [-0.15, -0.1) is 0 Å². The molecular formula is C10H22O3. The summed E-state index contributed by atoms with van der Waals surface area (Å²) in [5, 5.41) is 26.1. The normalized spacial score (nSPS) is 13.2. The van der Waals surface area contributed by atoms with Crippen molar-refractivity contribution in [3.05, 3.63) is 0 Å². The van der Waals surface area contributed by atoms with Crippen molar-refractivity contribution < 1.29 is 15.3 Å². The molecule has 0 aliphatic heterocycles. The van der Waals surface area contributed by atoms with E-state index < -0.39 is 6.10 Å². The number of unbranched alkanes of at least 4 members (excludes halogenated alkanes) is 5. The Hall–Kier alpha value is -0.120. The van der Waals surface area contributed by atoms with Crippen LogP contribution in [0.4, 0.5) is 0 Å². The van der Waals surface area contributed by atoms with E-state index in [0.717, 1.165) is 38.5 Å². The van der Waals surface area contributed by atoms with Crippen molar-refractivity contribution in [1.82, 2.24) is 0 Å². The lowest BCUT2D eigenvalue weighted by Gasteiger charge is -2.05. The van der Waals surface area contributed by atoms with E-state index in [9.17, 15) is 0 Å². The van der Waals surface area contributed by atoms with Crippen molar-refractivity contribution in [2.24, 2.45) is 0 Å². The van der Waals surface area contributed by atoms with Crippen LogP contribution in [0, 0.1) is 0 Å². The molecular weight excluding hydrogens is 168 g/mol. The van der Waals surface area contributed by atoms with Crippen molar-refractivity contribution in [1.29, 1.82) is 0 Å². The molecule has 0 spiro atoms. The second-order valence-corrected chi connectivity index (χ2v) is 3.47. The van der Waals surface area contributed by atoms with Crippen molar-refractivity contribution >= 4 is 0 Å². The fourth-order valence-corrected chi connectivity index (χ4v) is 1.29. The quantitative estimate of drug-likeness (QED) is 0.476. The zero-order valence-electron chi connectivity index (χ0n) is 8.28. The first-order valence-corrected chi connectivity index (χ1v) is 5.21. The molecule has 0 heterocycles. The number of aliphatic hydroxyl groups excluding tert-OH is 3. The molecule has 0 aliphatic rings. The minimum absolute atomic E-state index is 0.121. The molecule has 0 saturated carbocycles. The fraction of sp³-hybridized carbons (Fsp3) is 1.00. The highest BCUT2D eigenvalue weighted by atomic mass is 16.3. The van der Waals surface area contributed by atoms with Gasteiger partial charge in [0.25, 0.3) is 0 Å². The van der Waals surface area contributed by atoms with Gasteiger partial charge in [0, 0.05) is 6.61 Å². The molecule has 1 atom stereocenters. The molecule has 0 amide bonds. The zero-order valence-corrected chi connectivity index (χ0v) is 8.28. The van der Waals surface area contributed by atoms with Crippen LogP contribution in [0.3, 0.4) is 0 Å². The van der Waals surface area contributed by atoms with Crippen LogP contribution < -0.4 is 0 Å². The Kier molecular flexibility index (Phi) is 9.87. The molecule has 3 nitrogen and oxygen atoms in total. The van der Waals surface area contributed by atoms with Gasteiger partial charge >= 0.3 is 0 Å². The third-order valence-electron chi connectivity index (χ3n) is 2.16. The third kappa shape index (κ3) is 9.80. The van der Waals surface area contributed by atoms with Crippen molar-refractivity contribution in [2.75, 3.05) is 13.2 Å². The summed E-state index contributed by atoms with van der Waals surface area (Å²) in [6.45, 7) is 0.174. The van der Waals surface area contributed by atoms with Crippen LogP contribution in [0.15, 0.2) is 0 Å². The minimum Gasteiger partial charge on any atom is -0.396 e. The molecule has 80 valence electrons. The molecule has 13 heavy (non-hydrogen) atoms. The first kappa shape index (κ1) is 12.9. The van der Waals surface area contributed by atoms with Gasteiger partial charge in [-0.2, -0.15) is 0 Å². The Morgan fingerprint density at radius 1 is 0.769 bits per heavy atom. The zero-order chi connectivity index (χ0) is 9.94. The van der Waals surface area contributed by atoms with Crippen LogP contribution in [0.5, 0.6) is 0 Å². The topological polar surface area (TPSA) is 60.7 Å². The summed E-state index contributed by atoms with van der Waals surface area (Å²) in [6.07, 6.45) is 6.60. The molecule has 0 unspecified atom stereocenters. The molecule has 3 N–H and O–H groups in total. The first-order chi connectivity index (χ1) is 6.31. The van der Waals surface area contributed by atoms with Crippen LogP contribution in [-0.4, -0.2) is 34.6 Å². The van der Waals surface area contributed by atoms with Gasteiger partial charge in [0.15, 0.2) is 0 Å². The molecule has 0 aromatic rings. The van der Waals surface area contributed by atoms with Crippen molar-refractivity contribution in [3.8, 4) is 0 Å². The number of rotatable bonds is 9. The van der Waals surface area contributed by atoms with E-state index in [-0.39, 0.29) is 6.61 Å². The molecule has 0 bridgehead atoms. The minimum atomic E-state index is -0.530. The molecule has 0 radical (unpaired) electrons. The lowest BCUT2D eigenvalue weighted by molar-refractivity contribution is 0.0860. The van der Waals surface area contributed by atoms with Crippen LogP contribution >= 0.6 is 0 Å². The van der Waals surface area contributed by atoms with Crippen LogP contribution in [0.25, 0.3) is 0 Å². The predicted octanol–water partition coefficient (Wildman–Crippen LogP) is 1.06. The first-order valence-electron chi connectivity index (χ1n) is 5.21. The maximum Gasteiger partial charge on any atom is 0.0770 e. The van der Waals surface area contributed by atoms with Gasteiger partial charge in [-0.3, -0.25) is 0 Å². The van der Waals surface area contributed by atoms with Crippen LogP contribution in [0.2, 0.25) is 0 Å². The number of hydrogen-bond acceptors (Lipinski definition) is 3. The highest BCUT2D eigenvalue weighted by molar-refractivity contribution is 4.53. The standard InChI is InChI=1S/C10H22O3/c11-8-6-4-2-1-3-5-7-10(13)9-12/h10-13H,1-9H2/t10-/m0/s1. The van der Waals surface area contributed by atoms with Gasteiger partial charge < -0.3 is 15.3 Å². The van der Waals surface area contributed by atoms with Gasteiger partial charge in [0.2, 0.25) is 0 Å². The lowest BCUT2D eigenvalue weighted by Crippen LogP contribution is -2.10. The van der Waals surface area contributed by atoms with Gasteiger partial charge in [-0.05, 0) is 12.8 Å². The summed E-state index contributed by atoms with van der Waals surface area (Å²) < 4.78 is 0. The summed E-state index contributed by atoms with van der Waals surface area (Å²) in [4.78, 5) is 0. The summed E-state index contributed by atoms with van der Waals surface area (Å²) in [7, 11) is 0. The predicted molar refractivity (Wildman–Crippen MR) is 52.5 cm³/mol. The lowest BCUT2D eigenvalue weighted by atomic mass is 10.1. The highest BCUT2D eigenvalue weighted by Crippen LogP contribution is 2.08. The Balaban J connectivity index is 2.91. The fourth-order valence-electron chi connectivity index (χ4n) is 1.29. The van der Waals surface area contributed by atoms with E-state index in [1.807, 2.05) is 0 Å². The maximum absolute atomic E-state index is 9.02. The smallest absolute Gasteiger partial charge is 0.0770 e. The average Bonchev–Trinajstić information content (AvgIpc) is 2.16. The van der Waals surface area contributed by atoms with E-state index in [1.54, 1.807) is 0 Å².